The SMILES string of the molecule is O=C(CCc1ccc(C(=O)NC[C@H](NC(=O)OCCC23CC4CC(CC(C4)C2)C3)C(=O)O)cc1)NC1=NCCCN1. The third-order valence-electron chi connectivity index (χ3n) is 9.10. The summed E-state index contributed by atoms with van der Waals surface area (Å²) in [7, 11) is 0. The predicted molar refractivity (Wildman–Crippen MR) is 151 cm³/mol. The van der Waals surface area contributed by atoms with Crippen molar-refractivity contribution in [3.63, 3.8) is 0 Å². The van der Waals surface area contributed by atoms with Gasteiger partial charge in [0.25, 0.3) is 5.91 Å². The van der Waals surface area contributed by atoms with E-state index in [9.17, 15) is 24.3 Å². The van der Waals surface area contributed by atoms with E-state index in [0.29, 0.717) is 24.5 Å². The topological polar surface area (TPSA) is 158 Å². The van der Waals surface area contributed by atoms with Gasteiger partial charge in [0.15, 0.2) is 5.96 Å². The van der Waals surface area contributed by atoms with Crippen LogP contribution in [0.4, 0.5) is 4.79 Å². The fourth-order valence-corrected chi connectivity index (χ4v) is 7.53. The number of nitrogens with one attached hydrogen (secondary N) is 4. The van der Waals surface area contributed by atoms with Crippen LogP contribution < -0.4 is 21.3 Å². The van der Waals surface area contributed by atoms with E-state index >= 15 is 0 Å². The number of carboxylic acids is 1. The molecule has 0 unspecified atom stereocenters. The van der Waals surface area contributed by atoms with Crippen LogP contribution in [0.2, 0.25) is 0 Å². The number of benzene rings is 1. The first-order valence-corrected chi connectivity index (χ1v) is 14.9. The van der Waals surface area contributed by atoms with Gasteiger partial charge in [-0.3, -0.25) is 19.9 Å². The van der Waals surface area contributed by atoms with Gasteiger partial charge in [0.1, 0.15) is 6.04 Å². The number of aliphatic carboxylic acids is 1. The van der Waals surface area contributed by atoms with E-state index in [4.69, 9.17) is 4.74 Å². The van der Waals surface area contributed by atoms with Crippen LogP contribution in [-0.2, 0) is 20.7 Å². The van der Waals surface area contributed by atoms with E-state index < -0.39 is 24.0 Å². The Balaban J connectivity index is 1.01. The van der Waals surface area contributed by atoms with Gasteiger partial charge in [-0.2, -0.15) is 0 Å². The molecule has 3 amide bonds. The lowest BCUT2D eigenvalue weighted by atomic mass is 9.49. The van der Waals surface area contributed by atoms with Gasteiger partial charge < -0.3 is 25.8 Å². The number of hydrogen-bond acceptors (Lipinski definition) is 7. The molecule has 4 saturated carbocycles. The molecule has 1 atom stereocenters. The van der Waals surface area contributed by atoms with Gasteiger partial charge in [-0.05, 0) is 98.7 Å². The quantitative estimate of drug-likeness (QED) is 0.275. The standard InChI is InChI=1S/C30H41N5O6/c36-25(35-28-31-9-1-10-32-28)7-4-19-2-5-23(6-3-19)26(37)33-18-24(27(38)39)34-29(40)41-11-8-30-15-20-12-21(16-30)14-22(13-20)17-30/h2-3,5-6,20-22,24H,1,4,7-18H2,(H,33,37)(H,34,40)(H,38,39)(H2,31,32,35,36)/t20?,21?,22?,24-,30?/m0/s1. The molecule has 11 nitrogen and oxygen atoms in total. The Morgan fingerprint density at radius 1 is 1.05 bits per heavy atom. The normalized spacial score (nSPS) is 26.7. The molecular weight excluding hydrogens is 526 g/mol. The molecule has 0 spiro atoms. The Hall–Kier alpha value is -3.63. The average molecular weight is 568 g/mol. The molecule has 1 heterocycles. The predicted octanol–water partition coefficient (Wildman–Crippen LogP) is 2.60. The van der Waals surface area contributed by atoms with Gasteiger partial charge in [-0.1, -0.05) is 12.1 Å². The Kier molecular flexibility index (Phi) is 9.09. The molecule has 4 fully saturated rings. The van der Waals surface area contributed by atoms with Crippen molar-refractivity contribution in [2.24, 2.45) is 28.2 Å². The zero-order valence-electron chi connectivity index (χ0n) is 23.5. The number of ether oxygens (including phenoxy) is 1. The van der Waals surface area contributed by atoms with Gasteiger partial charge in [0.05, 0.1) is 6.61 Å². The molecule has 6 rings (SSSR count). The van der Waals surface area contributed by atoms with Crippen molar-refractivity contribution < 1.29 is 29.0 Å². The molecule has 0 radical (unpaired) electrons. The minimum absolute atomic E-state index is 0.140. The summed E-state index contributed by atoms with van der Waals surface area (Å²) in [6, 6.07) is 5.44. The third kappa shape index (κ3) is 7.77. The summed E-state index contributed by atoms with van der Waals surface area (Å²) in [5, 5.41) is 20.3. The fraction of sp³-hybridized carbons (Fsp3) is 0.633. The van der Waals surface area contributed by atoms with Gasteiger partial charge >= 0.3 is 12.1 Å². The number of carboxylic acid groups (broad SMARTS) is 1. The lowest BCUT2D eigenvalue weighted by molar-refractivity contribution is -0.139. The van der Waals surface area contributed by atoms with Crippen LogP contribution in [0.3, 0.4) is 0 Å². The lowest BCUT2D eigenvalue weighted by Gasteiger charge is -2.57. The van der Waals surface area contributed by atoms with Crippen LogP contribution in [0, 0.1) is 23.2 Å². The monoisotopic (exact) mass is 567 g/mol. The number of nitrogens with zero attached hydrogens (tertiary/aromatic N) is 1. The van der Waals surface area contributed by atoms with Crippen molar-refractivity contribution in [1.29, 1.82) is 0 Å². The number of guanidine groups is 1. The third-order valence-corrected chi connectivity index (χ3v) is 9.10. The second kappa shape index (κ2) is 12.9. The summed E-state index contributed by atoms with van der Waals surface area (Å²) in [6.07, 6.45) is 9.48. The molecule has 11 heteroatoms. The highest BCUT2D eigenvalue weighted by molar-refractivity contribution is 5.97. The molecule has 0 aromatic heterocycles. The molecule has 41 heavy (non-hydrogen) atoms. The maximum atomic E-state index is 12.6. The van der Waals surface area contributed by atoms with Crippen LogP contribution in [0.1, 0.15) is 73.7 Å². The average Bonchev–Trinajstić information content (AvgIpc) is 2.94. The Morgan fingerprint density at radius 3 is 2.34 bits per heavy atom. The van der Waals surface area contributed by atoms with Crippen molar-refractivity contribution in [3.05, 3.63) is 35.4 Å². The van der Waals surface area contributed by atoms with E-state index in [1.807, 2.05) is 0 Å². The van der Waals surface area contributed by atoms with E-state index in [1.165, 1.54) is 38.5 Å². The second-order valence-corrected chi connectivity index (χ2v) is 12.3. The molecule has 4 bridgehead atoms. The van der Waals surface area contributed by atoms with E-state index in [2.05, 4.69) is 26.3 Å². The second-order valence-electron chi connectivity index (χ2n) is 12.3. The zero-order valence-corrected chi connectivity index (χ0v) is 23.5. The fourth-order valence-electron chi connectivity index (χ4n) is 7.53. The number of aliphatic imine (C=N–C) groups is 1. The molecule has 0 saturated heterocycles. The first-order chi connectivity index (χ1) is 19.8. The molecule has 1 aromatic rings. The summed E-state index contributed by atoms with van der Waals surface area (Å²) in [5.41, 5.74) is 1.51. The van der Waals surface area contributed by atoms with Gasteiger partial charge in [0.2, 0.25) is 5.91 Å². The molecule has 1 aliphatic heterocycles. The highest BCUT2D eigenvalue weighted by Gasteiger charge is 2.50. The minimum atomic E-state index is -1.31. The number of carbonyl (C=O) groups is 4. The van der Waals surface area contributed by atoms with Crippen LogP contribution >= 0.6 is 0 Å². The highest BCUT2D eigenvalue weighted by atomic mass is 16.5. The first-order valence-electron chi connectivity index (χ1n) is 14.9. The first kappa shape index (κ1) is 28.9. The number of carbonyl (C=O) groups excluding carboxylic acids is 3. The van der Waals surface area contributed by atoms with Crippen molar-refractivity contribution in [2.45, 2.75) is 70.3 Å². The Labute approximate surface area is 240 Å². The summed E-state index contributed by atoms with van der Waals surface area (Å²) in [4.78, 5) is 53.1. The summed E-state index contributed by atoms with van der Waals surface area (Å²) >= 11 is 0. The molecular formula is C30H41N5O6. The highest BCUT2D eigenvalue weighted by Crippen LogP contribution is 2.61. The van der Waals surface area contributed by atoms with Crippen LogP contribution in [0.25, 0.3) is 0 Å². The lowest BCUT2D eigenvalue weighted by Crippen LogP contribution is -2.49. The van der Waals surface area contributed by atoms with Gasteiger partial charge in [-0.25, -0.2) is 9.59 Å². The molecule has 1 aromatic carbocycles. The van der Waals surface area contributed by atoms with Crippen molar-refractivity contribution in [1.82, 2.24) is 21.3 Å². The van der Waals surface area contributed by atoms with Crippen LogP contribution in [0.5, 0.6) is 0 Å². The van der Waals surface area contributed by atoms with E-state index in [0.717, 1.165) is 42.7 Å². The van der Waals surface area contributed by atoms with Crippen LogP contribution in [-0.4, -0.2) is 67.2 Å². The largest absolute Gasteiger partial charge is 0.480 e. The summed E-state index contributed by atoms with van der Waals surface area (Å²) < 4.78 is 5.38. The smallest absolute Gasteiger partial charge is 0.407 e. The summed E-state index contributed by atoms with van der Waals surface area (Å²) in [5.74, 6) is 1.10. The van der Waals surface area contributed by atoms with Gasteiger partial charge in [-0.15, -0.1) is 0 Å². The Morgan fingerprint density at radius 2 is 1.73 bits per heavy atom. The van der Waals surface area contributed by atoms with Gasteiger partial charge in [0, 0.05) is 31.6 Å². The van der Waals surface area contributed by atoms with E-state index in [-0.39, 0.29) is 30.9 Å². The maximum Gasteiger partial charge on any atom is 0.407 e. The van der Waals surface area contributed by atoms with E-state index in [1.54, 1.807) is 24.3 Å². The molecule has 5 N–H and O–H groups in total. The zero-order chi connectivity index (χ0) is 28.8. The minimum Gasteiger partial charge on any atom is -0.480 e. The van der Waals surface area contributed by atoms with Crippen molar-refractivity contribution in [3.8, 4) is 0 Å². The molecule has 222 valence electrons. The van der Waals surface area contributed by atoms with Crippen molar-refractivity contribution >= 4 is 29.8 Å². The number of aryl methyl sites for hydroxylation is 1. The number of rotatable bonds is 11. The maximum absolute atomic E-state index is 12.6. The number of hydrogen-bond donors (Lipinski definition) is 5. The Bertz CT molecular complexity index is 1130. The number of amides is 3. The van der Waals surface area contributed by atoms with Crippen LogP contribution in [0.15, 0.2) is 29.3 Å². The van der Waals surface area contributed by atoms with Crippen molar-refractivity contribution in [2.75, 3.05) is 26.2 Å². The number of alkyl carbamates (subject to hydrolysis) is 1. The molecule has 5 aliphatic rings. The summed E-state index contributed by atoms with van der Waals surface area (Å²) in [6.45, 7) is 1.48. The molecule has 4 aliphatic carbocycles.